The topological polar surface area (TPSA) is 68.5 Å². The molecule has 3 aromatic carbocycles. The number of anilines is 1. The van der Waals surface area contributed by atoms with Gasteiger partial charge in [0.05, 0.1) is 16.6 Å². The number of carbonyl (C=O) groups excluding carboxylic acids is 1. The normalized spacial score (nSPS) is 10.9. The molecule has 0 radical (unpaired) electrons. The monoisotopic (exact) mass is 383 g/mol. The Labute approximate surface area is 166 Å². The molecule has 0 atom stereocenters. The van der Waals surface area contributed by atoms with Crippen molar-refractivity contribution in [1.29, 1.82) is 0 Å². The summed E-state index contributed by atoms with van der Waals surface area (Å²) >= 11 is 0. The second-order valence-corrected chi connectivity index (χ2v) is 6.25. The van der Waals surface area contributed by atoms with Crippen molar-refractivity contribution in [2.45, 2.75) is 0 Å². The van der Waals surface area contributed by atoms with Gasteiger partial charge in [-0.2, -0.15) is 0 Å². The van der Waals surface area contributed by atoms with Crippen molar-refractivity contribution in [3.05, 3.63) is 107 Å². The molecule has 142 valence electrons. The van der Waals surface area contributed by atoms with Crippen LogP contribution in [0.15, 0.2) is 100 Å². The average Bonchev–Trinajstić information content (AvgIpc) is 2.76. The molecule has 0 spiro atoms. The first-order valence-corrected chi connectivity index (χ1v) is 9.02. The van der Waals surface area contributed by atoms with Crippen molar-refractivity contribution in [2.24, 2.45) is 0 Å². The second-order valence-electron chi connectivity index (χ2n) is 6.25. The van der Waals surface area contributed by atoms with E-state index in [0.717, 1.165) is 0 Å². The predicted molar refractivity (Wildman–Crippen MR) is 113 cm³/mol. The fraction of sp³-hybridized carbons (Fsp3) is 0. The summed E-state index contributed by atoms with van der Waals surface area (Å²) in [5.41, 5.74) is 1.14. The highest BCUT2D eigenvalue weighted by Crippen LogP contribution is 2.29. The summed E-state index contributed by atoms with van der Waals surface area (Å²) in [6, 6.07) is 23.4. The van der Waals surface area contributed by atoms with Crippen LogP contribution in [0.3, 0.4) is 0 Å². The van der Waals surface area contributed by atoms with E-state index in [1.54, 1.807) is 42.5 Å². The van der Waals surface area contributed by atoms with Crippen molar-refractivity contribution >= 4 is 28.6 Å². The van der Waals surface area contributed by atoms with E-state index in [1.165, 1.54) is 18.4 Å². The molecule has 0 fully saturated rings. The highest BCUT2D eigenvalue weighted by atomic mass is 16.5. The van der Waals surface area contributed by atoms with Crippen molar-refractivity contribution in [3.8, 4) is 11.5 Å². The Kier molecular flexibility index (Phi) is 5.21. The minimum atomic E-state index is -0.387. The van der Waals surface area contributed by atoms with Crippen molar-refractivity contribution in [3.63, 3.8) is 0 Å². The van der Waals surface area contributed by atoms with Crippen LogP contribution in [0.5, 0.6) is 11.5 Å². The molecule has 0 unspecified atom stereocenters. The largest absolute Gasteiger partial charge is 0.463 e. The van der Waals surface area contributed by atoms with Gasteiger partial charge in [-0.05, 0) is 42.5 Å². The van der Waals surface area contributed by atoms with Gasteiger partial charge < -0.3 is 14.5 Å². The summed E-state index contributed by atoms with van der Waals surface area (Å²) in [6.07, 6.45) is 4.08. The number of amides is 1. The highest BCUT2D eigenvalue weighted by Gasteiger charge is 2.08. The number of ether oxygens (including phenoxy) is 1. The van der Waals surface area contributed by atoms with E-state index < -0.39 is 0 Å². The third-order valence-electron chi connectivity index (χ3n) is 4.24. The van der Waals surface area contributed by atoms with Gasteiger partial charge in [-0.3, -0.25) is 9.59 Å². The Morgan fingerprint density at radius 2 is 1.62 bits per heavy atom. The van der Waals surface area contributed by atoms with E-state index in [-0.39, 0.29) is 11.3 Å². The smallest absolute Gasteiger partial charge is 0.248 e. The third-order valence-corrected chi connectivity index (χ3v) is 4.24. The van der Waals surface area contributed by atoms with Gasteiger partial charge in [-0.15, -0.1) is 0 Å². The van der Waals surface area contributed by atoms with Gasteiger partial charge in [-0.1, -0.05) is 42.5 Å². The Balaban J connectivity index is 1.52. The first-order chi connectivity index (χ1) is 14.2. The summed E-state index contributed by atoms with van der Waals surface area (Å²) in [5, 5.41) is 3.24. The maximum absolute atomic E-state index is 12.5. The molecule has 1 aromatic heterocycles. The van der Waals surface area contributed by atoms with Crippen LogP contribution in [0.25, 0.3) is 17.0 Å². The summed E-state index contributed by atoms with van der Waals surface area (Å²) in [6.45, 7) is 0. The lowest BCUT2D eigenvalue weighted by atomic mass is 10.1. The summed E-state index contributed by atoms with van der Waals surface area (Å²) in [7, 11) is 0. The predicted octanol–water partition coefficient (Wildman–Crippen LogP) is 5.24. The average molecular weight is 383 g/mol. The van der Waals surface area contributed by atoms with Crippen molar-refractivity contribution in [2.75, 3.05) is 5.32 Å². The standard InChI is InChI=1S/C24H17NO4/c26-23(15-14-17-16-28-21-12-6-4-10-19(21)24(17)27)25-20-11-5-7-13-22(20)29-18-8-2-1-3-9-18/h1-16H,(H,25,26)/b15-14+. The van der Waals surface area contributed by atoms with Gasteiger partial charge in [-0.25, -0.2) is 0 Å². The molecular weight excluding hydrogens is 366 g/mol. The molecule has 5 heteroatoms. The van der Waals surface area contributed by atoms with Gasteiger partial charge in [0.25, 0.3) is 0 Å². The van der Waals surface area contributed by atoms with E-state index in [9.17, 15) is 9.59 Å². The molecule has 1 N–H and O–H groups in total. The minimum Gasteiger partial charge on any atom is -0.463 e. The maximum Gasteiger partial charge on any atom is 0.248 e. The van der Waals surface area contributed by atoms with Crippen LogP contribution in [0.2, 0.25) is 0 Å². The van der Waals surface area contributed by atoms with Gasteiger partial charge in [0.1, 0.15) is 17.6 Å². The number of fused-ring (bicyclic) bond motifs is 1. The number of rotatable bonds is 5. The minimum absolute atomic E-state index is 0.191. The van der Waals surface area contributed by atoms with E-state index in [2.05, 4.69) is 5.32 Å². The molecule has 4 rings (SSSR count). The molecule has 0 aliphatic rings. The van der Waals surface area contributed by atoms with Gasteiger partial charge in [0, 0.05) is 6.08 Å². The maximum atomic E-state index is 12.5. The lowest BCUT2D eigenvalue weighted by Crippen LogP contribution is -2.10. The van der Waals surface area contributed by atoms with Gasteiger partial charge >= 0.3 is 0 Å². The number of carbonyl (C=O) groups is 1. The first-order valence-electron chi connectivity index (χ1n) is 9.02. The lowest BCUT2D eigenvalue weighted by Gasteiger charge is -2.11. The number of nitrogens with one attached hydrogen (secondary N) is 1. The van der Waals surface area contributed by atoms with Crippen LogP contribution in [0.4, 0.5) is 5.69 Å². The Morgan fingerprint density at radius 1 is 0.897 bits per heavy atom. The third kappa shape index (κ3) is 4.25. The van der Waals surface area contributed by atoms with Crippen LogP contribution in [0, 0.1) is 0 Å². The van der Waals surface area contributed by atoms with Gasteiger partial charge in [0.2, 0.25) is 5.91 Å². The first kappa shape index (κ1) is 18.3. The Bertz CT molecular complexity index is 1240. The zero-order valence-corrected chi connectivity index (χ0v) is 15.4. The molecule has 4 aromatic rings. The lowest BCUT2D eigenvalue weighted by molar-refractivity contribution is -0.111. The zero-order valence-electron chi connectivity index (χ0n) is 15.4. The highest BCUT2D eigenvalue weighted by molar-refractivity contribution is 6.02. The molecule has 1 heterocycles. The van der Waals surface area contributed by atoms with Crippen molar-refractivity contribution in [1.82, 2.24) is 0 Å². The number of hydrogen-bond donors (Lipinski definition) is 1. The molecule has 0 aliphatic heterocycles. The number of hydrogen-bond acceptors (Lipinski definition) is 4. The zero-order chi connectivity index (χ0) is 20.1. The van der Waals surface area contributed by atoms with Crippen LogP contribution in [0.1, 0.15) is 5.56 Å². The molecule has 1 amide bonds. The summed E-state index contributed by atoms with van der Waals surface area (Å²) in [4.78, 5) is 24.9. The van der Waals surface area contributed by atoms with Crippen LogP contribution >= 0.6 is 0 Å². The van der Waals surface area contributed by atoms with Crippen LogP contribution in [-0.2, 0) is 4.79 Å². The molecular formula is C24H17NO4. The van der Waals surface area contributed by atoms with E-state index in [4.69, 9.17) is 9.15 Å². The van der Waals surface area contributed by atoms with E-state index in [0.29, 0.717) is 33.7 Å². The fourth-order valence-electron chi connectivity index (χ4n) is 2.82. The van der Waals surface area contributed by atoms with E-state index in [1.807, 2.05) is 36.4 Å². The van der Waals surface area contributed by atoms with E-state index >= 15 is 0 Å². The van der Waals surface area contributed by atoms with Crippen LogP contribution < -0.4 is 15.5 Å². The number of para-hydroxylation sites is 4. The second kappa shape index (κ2) is 8.27. The molecule has 5 nitrogen and oxygen atoms in total. The molecule has 0 aliphatic carbocycles. The number of benzene rings is 3. The fourth-order valence-corrected chi connectivity index (χ4v) is 2.82. The molecule has 29 heavy (non-hydrogen) atoms. The quantitative estimate of drug-likeness (QED) is 0.479. The Morgan fingerprint density at radius 3 is 2.48 bits per heavy atom. The molecule has 0 saturated heterocycles. The molecule has 0 saturated carbocycles. The summed E-state index contributed by atoms with van der Waals surface area (Å²) < 4.78 is 11.3. The van der Waals surface area contributed by atoms with Gasteiger partial charge in [0.15, 0.2) is 11.2 Å². The SMILES string of the molecule is O=C(/C=C/c1coc2ccccc2c1=O)Nc1ccccc1Oc1ccccc1. The van der Waals surface area contributed by atoms with Crippen LogP contribution in [-0.4, -0.2) is 5.91 Å². The molecule has 0 bridgehead atoms. The van der Waals surface area contributed by atoms with Crippen molar-refractivity contribution < 1.29 is 13.9 Å². The Hall–Kier alpha value is -4.12. The summed E-state index contributed by atoms with van der Waals surface area (Å²) in [5.74, 6) is 0.797.